The van der Waals surface area contributed by atoms with Crippen molar-refractivity contribution >= 4 is 46.8 Å². The average Bonchev–Trinajstić information content (AvgIpc) is 3.51. The standard InChI is InChI=1S/C24H30N8O6/c1-14(33)26-19-13-32(4)21(29-19)24(37)28-16-10-18(31(3)12-16)23(36)27-15-9-17(30(2)11-15)22(35)25-8-6-7-20(34)38-5/h9-13H,6-8H2,1-5H3,(H,25,35)(H,26,33)(H,27,36)(H,28,37). The third kappa shape index (κ3) is 6.87. The lowest BCUT2D eigenvalue weighted by molar-refractivity contribution is -0.140. The van der Waals surface area contributed by atoms with Crippen LogP contribution in [-0.2, 0) is 35.5 Å². The second-order valence-electron chi connectivity index (χ2n) is 8.54. The van der Waals surface area contributed by atoms with Crippen LogP contribution in [0.1, 0.15) is 51.4 Å². The molecule has 0 radical (unpaired) electrons. The van der Waals surface area contributed by atoms with Crippen LogP contribution in [0.15, 0.2) is 30.7 Å². The molecule has 0 spiro atoms. The van der Waals surface area contributed by atoms with Gasteiger partial charge in [0.2, 0.25) is 11.7 Å². The number of ether oxygens (including phenoxy) is 1. The zero-order valence-corrected chi connectivity index (χ0v) is 21.7. The number of anilines is 3. The summed E-state index contributed by atoms with van der Waals surface area (Å²) < 4.78 is 9.16. The van der Waals surface area contributed by atoms with Gasteiger partial charge in [-0.2, -0.15) is 0 Å². The highest BCUT2D eigenvalue weighted by Crippen LogP contribution is 2.18. The van der Waals surface area contributed by atoms with Crippen molar-refractivity contribution in [1.29, 1.82) is 0 Å². The van der Waals surface area contributed by atoms with Crippen LogP contribution < -0.4 is 21.3 Å². The van der Waals surface area contributed by atoms with E-state index in [4.69, 9.17) is 0 Å². The minimum absolute atomic E-state index is 0.0731. The van der Waals surface area contributed by atoms with E-state index in [2.05, 4.69) is 31.0 Å². The molecule has 3 rings (SSSR count). The second kappa shape index (κ2) is 11.9. The molecular formula is C24H30N8O6. The van der Waals surface area contributed by atoms with Crippen LogP contribution in [0.4, 0.5) is 17.2 Å². The summed E-state index contributed by atoms with van der Waals surface area (Å²) in [5.41, 5.74) is 1.36. The second-order valence-corrected chi connectivity index (χ2v) is 8.54. The van der Waals surface area contributed by atoms with Gasteiger partial charge in [0.05, 0.1) is 18.5 Å². The molecule has 202 valence electrons. The Kier molecular flexibility index (Phi) is 8.68. The van der Waals surface area contributed by atoms with Crippen LogP contribution in [-0.4, -0.2) is 61.9 Å². The summed E-state index contributed by atoms with van der Waals surface area (Å²) in [6.45, 7) is 1.64. The summed E-state index contributed by atoms with van der Waals surface area (Å²) in [5.74, 6) is -1.66. The highest BCUT2D eigenvalue weighted by molar-refractivity contribution is 6.07. The maximum absolute atomic E-state index is 12.9. The van der Waals surface area contributed by atoms with Gasteiger partial charge in [0.1, 0.15) is 11.4 Å². The summed E-state index contributed by atoms with van der Waals surface area (Å²) in [6, 6.07) is 3.04. The van der Waals surface area contributed by atoms with E-state index in [9.17, 15) is 24.0 Å². The monoisotopic (exact) mass is 526 g/mol. The highest BCUT2D eigenvalue weighted by atomic mass is 16.5. The Morgan fingerprint density at radius 2 is 1.39 bits per heavy atom. The lowest BCUT2D eigenvalue weighted by atomic mass is 10.3. The number of amides is 4. The molecule has 4 amide bonds. The Labute approximate surface area is 218 Å². The largest absolute Gasteiger partial charge is 0.469 e. The third-order valence-corrected chi connectivity index (χ3v) is 5.45. The van der Waals surface area contributed by atoms with Crippen molar-refractivity contribution in [2.45, 2.75) is 19.8 Å². The van der Waals surface area contributed by atoms with Gasteiger partial charge < -0.3 is 39.7 Å². The Hall–Kier alpha value is -4.88. The van der Waals surface area contributed by atoms with Crippen molar-refractivity contribution in [2.75, 3.05) is 29.6 Å². The molecule has 3 heterocycles. The van der Waals surface area contributed by atoms with Crippen molar-refractivity contribution in [1.82, 2.24) is 24.0 Å². The molecule has 0 aliphatic carbocycles. The zero-order chi connectivity index (χ0) is 28.0. The Balaban J connectivity index is 1.62. The number of esters is 1. The quantitative estimate of drug-likeness (QED) is 0.227. The fourth-order valence-corrected chi connectivity index (χ4v) is 3.64. The van der Waals surface area contributed by atoms with Crippen molar-refractivity contribution in [3.63, 3.8) is 0 Å². The predicted molar refractivity (Wildman–Crippen MR) is 138 cm³/mol. The summed E-state index contributed by atoms with van der Waals surface area (Å²) in [5, 5.41) is 10.7. The van der Waals surface area contributed by atoms with E-state index in [0.29, 0.717) is 30.0 Å². The van der Waals surface area contributed by atoms with Crippen LogP contribution in [0.2, 0.25) is 0 Å². The number of aromatic nitrogens is 4. The molecule has 0 aliphatic rings. The SMILES string of the molecule is COC(=O)CCCNC(=O)c1cc(NC(=O)c2cc(NC(=O)c3nc(NC(C)=O)cn3C)cn2C)cn1C. The molecule has 14 heteroatoms. The molecule has 4 N–H and O–H groups in total. The van der Waals surface area contributed by atoms with Crippen molar-refractivity contribution < 1.29 is 28.7 Å². The van der Waals surface area contributed by atoms with E-state index in [-0.39, 0.29) is 41.5 Å². The third-order valence-electron chi connectivity index (χ3n) is 5.45. The first-order valence-corrected chi connectivity index (χ1v) is 11.6. The van der Waals surface area contributed by atoms with Gasteiger partial charge in [0, 0.05) is 59.6 Å². The zero-order valence-electron chi connectivity index (χ0n) is 21.7. The highest BCUT2D eigenvalue weighted by Gasteiger charge is 2.19. The van der Waals surface area contributed by atoms with Crippen molar-refractivity contribution in [3.05, 3.63) is 47.9 Å². The van der Waals surface area contributed by atoms with E-state index >= 15 is 0 Å². The predicted octanol–water partition coefficient (Wildman–Crippen LogP) is 1.24. The molecule has 0 atom stereocenters. The molecule has 38 heavy (non-hydrogen) atoms. The van der Waals surface area contributed by atoms with Crippen LogP contribution in [0, 0.1) is 0 Å². The van der Waals surface area contributed by atoms with Crippen LogP contribution >= 0.6 is 0 Å². The number of carbonyl (C=O) groups excluding carboxylic acids is 5. The number of carbonyl (C=O) groups is 5. The van der Waals surface area contributed by atoms with E-state index in [0.717, 1.165) is 0 Å². The van der Waals surface area contributed by atoms with E-state index in [1.165, 1.54) is 36.9 Å². The molecule has 0 saturated heterocycles. The lowest BCUT2D eigenvalue weighted by Crippen LogP contribution is -2.26. The number of nitrogens with one attached hydrogen (secondary N) is 4. The van der Waals surface area contributed by atoms with E-state index < -0.39 is 11.8 Å². The maximum Gasteiger partial charge on any atom is 0.305 e. The summed E-state index contributed by atoms with van der Waals surface area (Å²) in [6.07, 6.45) is 5.32. The summed E-state index contributed by atoms with van der Waals surface area (Å²) in [7, 11) is 6.25. The van der Waals surface area contributed by atoms with Crippen molar-refractivity contribution in [3.8, 4) is 0 Å². The average molecular weight is 527 g/mol. The van der Waals surface area contributed by atoms with Gasteiger partial charge in [-0.1, -0.05) is 0 Å². The fourth-order valence-electron chi connectivity index (χ4n) is 3.64. The summed E-state index contributed by atoms with van der Waals surface area (Å²) in [4.78, 5) is 64.6. The minimum atomic E-state index is -0.521. The van der Waals surface area contributed by atoms with Gasteiger partial charge in [0.15, 0.2) is 5.82 Å². The number of rotatable bonds is 10. The molecule has 0 saturated carbocycles. The molecule has 0 aliphatic heterocycles. The first-order chi connectivity index (χ1) is 18.0. The number of methoxy groups -OCH3 is 1. The Bertz CT molecular complexity index is 1380. The number of aryl methyl sites for hydroxylation is 3. The minimum Gasteiger partial charge on any atom is -0.469 e. The fraction of sp³-hybridized carbons (Fsp3) is 0.333. The van der Waals surface area contributed by atoms with Gasteiger partial charge in [-0.25, -0.2) is 4.98 Å². The van der Waals surface area contributed by atoms with Gasteiger partial charge in [-0.15, -0.1) is 0 Å². The lowest BCUT2D eigenvalue weighted by Gasteiger charge is -2.05. The van der Waals surface area contributed by atoms with E-state index in [1.54, 1.807) is 42.7 Å². The molecule has 3 aromatic heterocycles. The number of hydrogen-bond acceptors (Lipinski definition) is 7. The molecule has 0 unspecified atom stereocenters. The number of imidazole rings is 1. The number of nitrogens with zero attached hydrogens (tertiary/aromatic N) is 4. The summed E-state index contributed by atoms with van der Waals surface area (Å²) >= 11 is 0. The molecule has 3 aromatic rings. The molecule has 0 fully saturated rings. The normalized spacial score (nSPS) is 10.6. The molecule has 0 aromatic carbocycles. The first kappa shape index (κ1) is 27.7. The topological polar surface area (TPSA) is 170 Å². The Morgan fingerprint density at radius 1 is 0.816 bits per heavy atom. The smallest absolute Gasteiger partial charge is 0.305 e. The molecule has 0 bridgehead atoms. The van der Waals surface area contributed by atoms with Gasteiger partial charge in [0.25, 0.3) is 17.7 Å². The van der Waals surface area contributed by atoms with Gasteiger partial charge in [-0.3, -0.25) is 24.0 Å². The van der Waals surface area contributed by atoms with Gasteiger partial charge in [-0.05, 0) is 18.6 Å². The van der Waals surface area contributed by atoms with E-state index in [1.807, 2.05) is 0 Å². The first-order valence-electron chi connectivity index (χ1n) is 11.6. The van der Waals surface area contributed by atoms with Crippen LogP contribution in [0.25, 0.3) is 0 Å². The maximum atomic E-state index is 12.9. The van der Waals surface area contributed by atoms with Crippen LogP contribution in [0.5, 0.6) is 0 Å². The number of hydrogen-bond donors (Lipinski definition) is 4. The molecular weight excluding hydrogens is 496 g/mol. The molecule has 14 nitrogen and oxygen atoms in total. The Morgan fingerprint density at radius 3 is 1.97 bits per heavy atom. The van der Waals surface area contributed by atoms with Crippen LogP contribution in [0.3, 0.4) is 0 Å². The van der Waals surface area contributed by atoms with Crippen molar-refractivity contribution in [2.24, 2.45) is 21.1 Å². The van der Waals surface area contributed by atoms with Gasteiger partial charge >= 0.3 is 5.97 Å².